The van der Waals surface area contributed by atoms with E-state index in [4.69, 9.17) is 14.2 Å². The smallest absolute Gasteiger partial charge is 0.230 e. The molecule has 0 unspecified atom stereocenters. The molecule has 0 aliphatic carbocycles. The number of anilines is 1. The highest BCUT2D eigenvalue weighted by Gasteiger charge is 2.18. The van der Waals surface area contributed by atoms with E-state index in [1.807, 2.05) is 5.38 Å². The van der Waals surface area contributed by atoms with Gasteiger partial charge >= 0.3 is 0 Å². The van der Waals surface area contributed by atoms with E-state index in [1.54, 1.807) is 26.4 Å². The number of benzene rings is 2. The van der Waals surface area contributed by atoms with Crippen molar-refractivity contribution in [2.45, 2.75) is 32.6 Å². The Kier molecular flexibility index (Phi) is 7.89. The Hall–Kier alpha value is -3.06. The molecule has 1 heterocycles. The molecule has 3 rings (SSSR count). The summed E-state index contributed by atoms with van der Waals surface area (Å²) in [7, 11) is 4.64. The second kappa shape index (κ2) is 10.8. The van der Waals surface area contributed by atoms with Crippen LogP contribution in [0.5, 0.6) is 17.2 Å². The first kappa shape index (κ1) is 22.6. The Morgan fingerprint density at radius 2 is 1.74 bits per heavy atom. The number of aromatic nitrogens is 1. The second-order valence-electron chi connectivity index (χ2n) is 7.06. The third-order valence-corrected chi connectivity index (χ3v) is 5.71. The van der Waals surface area contributed by atoms with Gasteiger partial charge in [0, 0.05) is 16.5 Å². The second-order valence-corrected chi connectivity index (χ2v) is 7.91. The summed E-state index contributed by atoms with van der Waals surface area (Å²) in [5.74, 6) is 1.32. The summed E-state index contributed by atoms with van der Waals surface area (Å²) in [6.45, 7) is 2.20. The van der Waals surface area contributed by atoms with Crippen LogP contribution in [0.25, 0.3) is 11.3 Å². The number of amides is 1. The van der Waals surface area contributed by atoms with Crippen molar-refractivity contribution < 1.29 is 19.0 Å². The van der Waals surface area contributed by atoms with Gasteiger partial charge in [-0.1, -0.05) is 43.7 Å². The Morgan fingerprint density at radius 3 is 2.39 bits per heavy atom. The largest absolute Gasteiger partial charge is 0.493 e. The van der Waals surface area contributed by atoms with E-state index >= 15 is 0 Å². The van der Waals surface area contributed by atoms with E-state index in [2.05, 4.69) is 41.5 Å². The van der Waals surface area contributed by atoms with Gasteiger partial charge in [-0.25, -0.2) is 4.98 Å². The maximum absolute atomic E-state index is 12.6. The zero-order valence-electron chi connectivity index (χ0n) is 18.4. The predicted molar refractivity (Wildman–Crippen MR) is 125 cm³/mol. The van der Waals surface area contributed by atoms with E-state index in [1.165, 1.54) is 36.9 Å². The number of carbonyl (C=O) groups is 1. The van der Waals surface area contributed by atoms with Crippen LogP contribution in [-0.4, -0.2) is 32.2 Å². The van der Waals surface area contributed by atoms with Gasteiger partial charge < -0.3 is 19.5 Å². The number of nitrogens with zero attached hydrogens (tertiary/aromatic N) is 1. The van der Waals surface area contributed by atoms with Gasteiger partial charge in [-0.3, -0.25) is 4.79 Å². The molecule has 0 aliphatic rings. The first-order valence-electron chi connectivity index (χ1n) is 10.2. The van der Waals surface area contributed by atoms with E-state index in [-0.39, 0.29) is 12.3 Å². The van der Waals surface area contributed by atoms with Gasteiger partial charge in [0.05, 0.1) is 33.4 Å². The number of rotatable bonds is 10. The number of hydrogen-bond donors (Lipinski definition) is 1. The van der Waals surface area contributed by atoms with Crippen molar-refractivity contribution in [2.24, 2.45) is 0 Å². The summed E-state index contributed by atoms with van der Waals surface area (Å²) in [4.78, 5) is 17.2. The molecule has 0 saturated carbocycles. The number of methoxy groups -OCH3 is 3. The molecule has 2 aromatic carbocycles. The Bertz CT molecular complexity index is 1010. The zero-order chi connectivity index (χ0) is 22.2. The molecule has 1 aromatic heterocycles. The molecule has 1 amide bonds. The quantitative estimate of drug-likeness (QED) is 0.460. The van der Waals surface area contributed by atoms with Crippen molar-refractivity contribution in [1.82, 2.24) is 4.98 Å². The summed E-state index contributed by atoms with van der Waals surface area (Å²) in [6.07, 6.45) is 3.60. The number of hydrogen-bond acceptors (Lipinski definition) is 6. The molecule has 0 bridgehead atoms. The molecule has 0 spiro atoms. The maximum atomic E-state index is 12.6. The fourth-order valence-corrected chi connectivity index (χ4v) is 4.06. The van der Waals surface area contributed by atoms with Crippen LogP contribution in [0.1, 0.15) is 30.9 Å². The van der Waals surface area contributed by atoms with Gasteiger partial charge in [-0.2, -0.15) is 0 Å². The number of ether oxygens (including phenoxy) is 3. The fraction of sp³-hybridized carbons (Fsp3) is 0.333. The van der Waals surface area contributed by atoms with E-state index in [9.17, 15) is 4.79 Å². The van der Waals surface area contributed by atoms with Gasteiger partial charge in [-0.05, 0) is 24.5 Å². The minimum Gasteiger partial charge on any atom is -0.493 e. The van der Waals surface area contributed by atoms with Gasteiger partial charge in [-0.15, -0.1) is 11.3 Å². The zero-order valence-corrected chi connectivity index (χ0v) is 19.2. The molecule has 0 saturated heterocycles. The molecule has 3 aromatic rings. The lowest BCUT2D eigenvalue weighted by Gasteiger charge is -2.15. The lowest BCUT2D eigenvalue weighted by molar-refractivity contribution is -0.115. The monoisotopic (exact) mass is 440 g/mol. The van der Waals surface area contributed by atoms with Crippen LogP contribution in [0.4, 0.5) is 5.13 Å². The van der Waals surface area contributed by atoms with Gasteiger partial charge in [0.15, 0.2) is 16.6 Å². The van der Waals surface area contributed by atoms with Crippen LogP contribution in [0.2, 0.25) is 0 Å². The SMILES string of the molecule is CCCCc1ccc(-c2csc(NC(=O)Cc3ccc(OC)c(OC)c3OC)n2)cc1. The topological polar surface area (TPSA) is 69.7 Å². The van der Waals surface area contributed by atoms with Crippen molar-refractivity contribution in [3.05, 3.63) is 52.9 Å². The van der Waals surface area contributed by atoms with Crippen LogP contribution in [0, 0.1) is 0 Å². The standard InChI is InChI=1S/C24H28N2O4S/c1-5-6-7-16-8-10-17(11-9-16)19-15-31-24(25-19)26-21(27)14-18-12-13-20(28-2)23(30-4)22(18)29-3/h8-13,15H,5-7,14H2,1-4H3,(H,25,26,27). The number of thiazole rings is 1. The molecule has 0 aliphatic heterocycles. The fourth-order valence-electron chi connectivity index (χ4n) is 3.33. The van der Waals surface area contributed by atoms with Crippen LogP contribution >= 0.6 is 11.3 Å². The predicted octanol–water partition coefficient (Wildman–Crippen LogP) is 5.36. The molecule has 7 heteroatoms. The normalized spacial score (nSPS) is 10.6. The van der Waals surface area contributed by atoms with Crippen LogP contribution in [0.3, 0.4) is 0 Å². The number of aryl methyl sites for hydroxylation is 1. The minimum absolute atomic E-state index is 0.130. The lowest BCUT2D eigenvalue weighted by atomic mass is 10.1. The number of carbonyl (C=O) groups excluding carboxylic acids is 1. The van der Waals surface area contributed by atoms with E-state index < -0.39 is 0 Å². The van der Waals surface area contributed by atoms with Crippen molar-refractivity contribution in [2.75, 3.05) is 26.6 Å². The van der Waals surface area contributed by atoms with Crippen molar-refractivity contribution >= 4 is 22.4 Å². The van der Waals surface area contributed by atoms with Crippen LogP contribution in [-0.2, 0) is 17.6 Å². The molecule has 1 N–H and O–H groups in total. The van der Waals surface area contributed by atoms with Gasteiger partial charge in [0.2, 0.25) is 11.7 Å². The molecule has 0 atom stereocenters. The van der Waals surface area contributed by atoms with Crippen LogP contribution in [0.15, 0.2) is 41.8 Å². The Morgan fingerprint density at radius 1 is 1.00 bits per heavy atom. The van der Waals surface area contributed by atoms with Gasteiger partial charge in [0.25, 0.3) is 0 Å². The molecule has 6 nitrogen and oxygen atoms in total. The highest BCUT2D eigenvalue weighted by atomic mass is 32.1. The summed E-state index contributed by atoms with van der Waals surface area (Å²) in [5.41, 5.74) is 3.93. The van der Waals surface area contributed by atoms with Gasteiger partial charge in [0.1, 0.15) is 0 Å². The van der Waals surface area contributed by atoms with Crippen molar-refractivity contribution in [3.8, 4) is 28.5 Å². The summed E-state index contributed by atoms with van der Waals surface area (Å²) in [5, 5.41) is 5.39. The maximum Gasteiger partial charge on any atom is 0.230 e. The molecule has 0 radical (unpaired) electrons. The Labute approximate surface area is 187 Å². The highest BCUT2D eigenvalue weighted by Crippen LogP contribution is 2.40. The summed E-state index contributed by atoms with van der Waals surface area (Å²) in [6, 6.07) is 12.0. The number of unbranched alkanes of at least 4 members (excludes halogenated alkanes) is 1. The average molecular weight is 441 g/mol. The Balaban J connectivity index is 1.68. The molecular weight excluding hydrogens is 412 g/mol. The first-order valence-corrected chi connectivity index (χ1v) is 11.1. The first-order chi connectivity index (χ1) is 15.1. The third kappa shape index (κ3) is 5.55. The molecule has 0 fully saturated rings. The van der Waals surface area contributed by atoms with E-state index in [0.717, 1.165) is 17.7 Å². The molecule has 31 heavy (non-hydrogen) atoms. The lowest BCUT2D eigenvalue weighted by Crippen LogP contribution is -2.15. The van der Waals surface area contributed by atoms with Crippen LogP contribution < -0.4 is 19.5 Å². The molecule has 164 valence electrons. The van der Waals surface area contributed by atoms with Crippen molar-refractivity contribution in [1.29, 1.82) is 0 Å². The third-order valence-electron chi connectivity index (χ3n) is 4.96. The van der Waals surface area contributed by atoms with E-state index in [0.29, 0.717) is 27.9 Å². The molecular formula is C24H28N2O4S. The highest BCUT2D eigenvalue weighted by molar-refractivity contribution is 7.14. The summed E-state index contributed by atoms with van der Waals surface area (Å²) < 4.78 is 16.1. The minimum atomic E-state index is -0.179. The van der Waals surface area contributed by atoms with Crippen molar-refractivity contribution in [3.63, 3.8) is 0 Å². The summed E-state index contributed by atoms with van der Waals surface area (Å²) >= 11 is 1.41. The average Bonchev–Trinajstić information content (AvgIpc) is 3.25. The number of nitrogens with one attached hydrogen (secondary N) is 1.